The van der Waals surface area contributed by atoms with Crippen LogP contribution in [0.3, 0.4) is 0 Å². The Labute approximate surface area is 114 Å². The van der Waals surface area contributed by atoms with Crippen molar-refractivity contribution in [1.29, 1.82) is 0 Å². The predicted octanol–water partition coefficient (Wildman–Crippen LogP) is 2.91. The summed E-state index contributed by atoms with van der Waals surface area (Å²) < 4.78 is 0. The number of hydrogen-bond donors (Lipinski definition) is 2. The first-order valence-electron chi connectivity index (χ1n) is 6.31. The smallest absolute Gasteiger partial charge is 0.234 e. The first kappa shape index (κ1) is 15.0. The summed E-state index contributed by atoms with van der Waals surface area (Å²) in [6, 6.07) is 7.83. The van der Waals surface area contributed by atoms with Gasteiger partial charge in [0, 0.05) is 11.1 Å². The molecule has 0 radical (unpaired) electrons. The van der Waals surface area contributed by atoms with Gasteiger partial charge in [-0.3, -0.25) is 4.79 Å². The SMILES string of the molecule is CCC(C)NCC(=O)N[C@@H](C)c1ccccc1Cl. The van der Waals surface area contributed by atoms with Gasteiger partial charge in [0.2, 0.25) is 5.91 Å². The number of carbonyl (C=O) groups excluding carboxylic acids is 1. The summed E-state index contributed by atoms with van der Waals surface area (Å²) in [7, 11) is 0. The van der Waals surface area contributed by atoms with Crippen molar-refractivity contribution in [3.05, 3.63) is 34.9 Å². The highest BCUT2D eigenvalue weighted by Crippen LogP contribution is 2.21. The predicted molar refractivity (Wildman–Crippen MR) is 75.8 cm³/mol. The Balaban J connectivity index is 2.47. The molecule has 18 heavy (non-hydrogen) atoms. The summed E-state index contributed by atoms with van der Waals surface area (Å²) in [5, 5.41) is 6.77. The van der Waals surface area contributed by atoms with Crippen LogP contribution in [0.15, 0.2) is 24.3 Å². The molecule has 0 aliphatic rings. The minimum absolute atomic E-state index is 0.0114. The van der Waals surface area contributed by atoms with Crippen LogP contribution >= 0.6 is 11.6 Å². The standard InChI is InChI=1S/C14H21ClN2O/c1-4-10(2)16-9-14(18)17-11(3)12-7-5-6-8-13(12)15/h5-8,10-11,16H,4,9H2,1-3H3,(H,17,18)/t10?,11-/m0/s1. The van der Waals surface area contributed by atoms with E-state index in [1.807, 2.05) is 31.2 Å². The third-order valence-corrected chi connectivity index (χ3v) is 3.32. The third kappa shape index (κ3) is 4.67. The molecular formula is C14H21ClN2O. The average molecular weight is 269 g/mol. The Morgan fingerprint density at radius 3 is 2.61 bits per heavy atom. The molecular weight excluding hydrogens is 248 g/mol. The number of halogens is 1. The van der Waals surface area contributed by atoms with Crippen molar-refractivity contribution in [2.24, 2.45) is 0 Å². The van der Waals surface area contributed by atoms with Crippen LogP contribution in [0.25, 0.3) is 0 Å². The summed E-state index contributed by atoms with van der Waals surface area (Å²) in [6.07, 6.45) is 1.01. The average Bonchev–Trinajstić information content (AvgIpc) is 2.36. The fourth-order valence-corrected chi connectivity index (χ4v) is 1.91. The van der Waals surface area contributed by atoms with Crippen molar-refractivity contribution in [3.8, 4) is 0 Å². The fourth-order valence-electron chi connectivity index (χ4n) is 1.61. The minimum Gasteiger partial charge on any atom is -0.348 e. The lowest BCUT2D eigenvalue weighted by atomic mass is 10.1. The molecule has 4 heteroatoms. The second-order valence-electron chi connectivity index (χ2n) is 4.50. The zero-order valence-electron chi connectivity index (χ0n) is 11.2. The third-order valence-electron chi connectivity index (χ3n) is 2.97. The lowest BCUT2D eigenvalue weighted by molar-refractivity contribution is -0.121. The molecule has 0 fully saturated rings. The molecule has 100 valence electrons. The van der Waals surface area contributed by atoms with Gasteiger partial charge < -0.3 is 10.6 Å². The van der Waals surface area contributed by atoms with Gasteiger partial charge in [0.15, 0.2) is 0 Å². The topological polar surface area (TPSA) is 41.1 Å². The summed E-state index contributed by atoms with van der Waals surface area (Å²) in [5.74, 6) is -0.0114. The van der Waals surface area contributed by atoms with Gasteiger partial charge in [-0.2, -0.15) is 0 Å². The molecule has 2 N–H and O–H groups in total. The van der Waals surface area contributed by atoms with E-state index in [1.165, 1.54) is 0 Å². The highest BCUT2D eigenvalue weighted by atomic mass is 35.5. The van der Waals surface area contributed by atoms with E-state index >= 15 is 0 Å². The molecule has 1 unspecified atom stereocenters. The van der Waals surface area contributed by atoms with E-state index in [0.29, 0.717) is 17.6 Å². The van der Waals surface area contributed by atoms with Gasteiger partial charge in [-0.1, -0.05) is 36.7 Å². The zero-order valence-corrected chi connectivity index (χ0v) is 11.9. The van der Waals surface area contributed by atoms with E-state index in [9.17, 15) is 4.79 Å². The van der Waals surface area contributed by atoms with E-state index in [4.69, 9.17) is 11.6 Å². The van der Waals surface area contributed by atoms with Gasteiger partial charge in [0.25, 0.3) is 0 Å². The van der Waals surface area contributed by atoms with E-state index in [1.54, 1.807) is 0 Å². The first-order valence-corrected chi connectivity index (χ1v) is 6.69. The van der Waals surface area contributed by atoms with Gasteiger partial charge in [0.05, 0.1) is 12.6 Å². The molecule has 2 atom stereocenters. The quantitative estimate of drug-likeness (QED) is 0.833. The number of amides is 1. The molecule has 1 aromatic carbocycles. The van der Waals surface area contributed by atoms with Gasteiger partial charge >= 0.3 is 0 Å². The molecule has 0 saturated heterocycles. The van der Waals surface area contributed by atoms with Gasteiger partial charge in [0.1, 0.15) is 0 Å². The molecule has 0 aromatic heterocycles. The molecule has 1 amide bonds. The monoisotopic (exact) mass is 268 g/mol. The van der Waals surface area contributed by atoms with Crippen LogP contribution in [0.2, 0.25) is 5.02 Å². The number of carbonyl (C=O) groups is 1. The number of hydrogen-bond acceptors (Lipinski definition) is 2. The fraction of sp³-hybridized carbons (Fsp3) is 0.500. The van der Waals surface area contributed by atoms with Gasteiger partial charge in [-0.15, -0.1) is 0 Å². The van der Waals surface area contributed by atoms with Crippen LogP contribution in [-0.4, -0.2) is 18.5 Å². The lowest BCUT2D eigenvalue weighted by Crippen LogP contribution is -2.38. The summed E-state index contributed by atoms with van der Waals surface area (Å²) in [5.41, 5.74) is 0.941. The second-order valence-corrected chi connectivity index (χ2v) is 4.91. The highest BCUT2D eigenvalue weighted by Gasteiger charge is 2.12. The number of rotatable bonds is 6. The van der Waals surface area contributed by atoms with Crippen LogP contribution in [-0.2, 0) is 4.79 Å². The molecule has 0 heterocycles. The number of benzene rings is 1. The van der Waals surface area contributed by atoms with E-state index in [2.05, 4.69) is 24.5 Å². The van der Waals surface area contributed by atoms with Crippen LogP contribution in [0.1, 0.15) is 38.8 Å². The maximum Gasteiger partial charge on any atom is 0.234 e. The molecule has 0 aliphatic carbocycles. The molecule has 1 rings (SSSR count). The Hall–Kier alpha value is -1.06. The zero-order chi connectivity index (χ0) is 13.5. The molecule has 1 aromatic rings. The maximum absolute atomic E-state index is 11.7. The highest BCUT2D eigenvalue weighted by molar-refractivity contribution is 6.31. The van der Waals surface area contributed by atoms with Crippen LogP contribution < -0.4 is 10.6 Å². The van der Waals surface area contributed by atoms with Crippen molar-refractivity contribution >= 4 is 17.5 Å². The van der Waals surface area contributed by atoms with Gasteiger partial charge in [-0.25, -0.2) is 0 Å². The van der Waals surface area contributed by atoms with E-state index in [-0.39, 0.29) is 11.9 Å². The summed E-state index contributed by atoms with van der Waals surface area (Å²) >= 11 is 6.09. The Bertz CT molecular complexity index is 395. The Kier molecular flexibility index (Phi) is 6.16. The molecule has 3 nitrogen and oxygen atoms in total. The Morgan fingerprint density at radius 2 is 2.00 bits per heavy atom. The summed E-state index contributed by atoms with van der Waals surface area (Å²) in [4.78, 5) is 11.7. The maximum atomic E-state index is 11.7. The minimum atomic E-state index is -0.0788. The van der Waals surface area contributed by atoms with Crippen LogP contribution in [0.4, 0.5) is 0 Å². The van der Waals surface area contributed by atoms with Gasteiger partial charge in [-0.05, 0) is 31.9 Å². The van der Waals surface area contributed by atoms with Crippen molar-refractivity contribution in [3.63, 3.8) is 0 Å². The van der Waals surface area contributed by atoms with Crippen LogP contribution in [0, 0.1) is 0 Å². The molecule has 0 spiro atoms. The molecule has 0 bridgehead atoms. The molecule has 0 saturated carbocycles. The van der Waals surface area contributed by atoms with E-state index < -0.39 is 0 Å². The second kappa shape index (κ2) is 7.39. The largest absolute Gasteiger partial charge is 0.348 e. The molecule has 0 aliphatic heterocycles. The van der Waals surface area contributed by atoms with E-state index in [0.717, 1.165) is 12.0 Å². The van der Waals surface area contributed by atoms with Crippen LogP contribution in [0.5, 0.6) is 0 Å². The van der Waals surface area contributed by atoms with Crippen molar-refractivity contribution in [2.75, 3.05) is 6.54 Å². The van der Waals surface area contributed by atoms with Crippen molar-refractivity contribution in [1.82, 2.24) is 10.6 Å². The Morgan fingerprint density at radius 1 is 1.33 bits per heavy atom. The first-order chi connectivity index (χ1) is 8.54. The van der Waals surface area contributed by atoms with Crippen molar-refractivity contribution < 1.29 is 4.79 Å². The normalized spacial score (nSPS) is 14.0. The van der Waals surface area contributed by atoms with Crippen molar-refractivity contribution in [2.45, 2.75) is 39.3 Å². The lowest BCUT2D eigenvalue weighted by Gasteiger charge is -2.17. The number of nitrogens with one attached hydrogen (secondary N) is 2. The summed E-state index contributed by atoms with van der Waals surface area (Å²) in [6.45, 7) is 6.42.